The Labute approximate surface area is 264 Å². The number of nitrogens with one attached hydrogen (secondary N) is 2. The molecule has 5 aromatic carbocycles. The van der Waals surface area contributed by atoms with Crippen LogP contribution in [-0.4, -0.2) is 33.6 Å². The normalized spacial score (nSPS) is 15.4. The molecule has 8 heteroatoms. The van der Waals surface area contributed by atoms with Crippen LogP contribution < -0.4 is 5.62 Å². The molecule has 44 heavy (non-hydrogen) atoms. The molecule has 0 saturated carbocycles. The van der Waals surface area contributed by atoms with Crippen LogP contribution in [-0.2, 0) is 0 Å². The van der Waals surface area contributed by atoms with Gasteiger partial charge in [0.15, 0.2) is 5.84 Å². The summed E-state index contributed by atoms with van der Waals surface area (Å²) in [5, 5.41) is 13.7. The van der Waals surface area contributed by atoms with Gasteiger partial charge in [0.05, 0.1) is 11.7 Å². The van der Waals surface area contributed by atoms with Gasteiger partial charge in [-0.15, -0.1) is 0 Å². The highest BCUT2D eigenvalue weighted by Crippen LogP contribution is 2.34. The molecular weight excluding hydrogens is 587 g/mol. The minimum absolute atomic E-state index is 0.0430. The van der Waals surface area contributed by atoms with Crippen molar-refractivity contribution in [1.82, 2.24) is 14.9 Å². The fourth-order valence-electron chi connectivity index (χ4n) is 5.52. The highest BCUT2D eigenvalue weighted by molar-refractivity contribution is 6.33. The fourth-order valence-corrected chi connectivity index (χ4v) is 5.95. The average molecular weight is 614 g/mol. The average Bonchev–Trinajstić information content (AvgIpc) is 3.04. The molecule has 2 N–H and O–H groups in total. The summed E-state index contributed by atoms with van der Waals surface area (Å²) in [6, 6.07) is 38.9. The first-order valence-electron chi connectivity index (χ1n) is 14.1. The van der Waals surface area contributed by atoms with Gasteiger partial charge in [0, 0.05) is 29.8 Å². The Hall–Kier alpha value is -5.04. The van der Waals surface area contributed by atoms with Crippen LogP contribution in [0.3, 0.4) is 0 Å². The molecule has 6 nitrogen and oxygen atoms in total. The van der Waals surface area contributed by atoms with Crippen molar-refractivity contribution in [2.24, 2.45) is 9.98 Å². The molecule has 1 aliphatic heterocycles. The number of rotatable bonds is 4. The van der Waals surface area contributed by atoms with Crippen molar-refractivity contribution >= 4 is 62.1 Å². The molecule has 6 aromatic rings. The first-order valence-corrected chi connectivity index (χ1v) is 14.8. The molecule has 0 bridgehead atoms. The number of nitrogens with zero attached hydrogens (tertiary/aromatic N) is 4. The molecule has 0 aliphatic carbocycles. The van der Waals surface area contributed by atoms with E-state index in [2.05, 4.69) is 118 Å². The summed E-state index contributed by atoms with van der Waals surface area (Å²) >= 11 is 12.0. The van der Waals surface area contributed by atoms with Crippen molar-refractivity contribution in [3.8, 4) is 0 Å². The lowest BCUT2D eigenvalue weighted by molar-refractivity contribution is 0.435. The van der Waals surface area contributed by atoms with Gasteiger partial charge in [-0.3, -0.25) is 5.41 Å². The van der Waals surface area contributed by atoms with E-state index in [0.717, 1.165) is 28.2 Å². The molecule has 2 heterocycles. The van der Waals surface area contributed by atoms with Crippen molar-refractivity contribution in [2.45, 2.75) is 6.04 Å². The van der Waals surface area contributed by atoms with Crippen LogP contribution in [0.15, 0.2) is 131 Å². The number of hydrogen-bond acceptors (Lipinski definition) is 4. The fraction of sp³-hybridized carbons (Fsp3) is 0.0556. The smallest absolute Gasteiger partial charge is 0.231 e. The zero-order valence-corrected chi connectivity index (χ0v) is 25.2. The van der Waals surface area contributed by atoms with Gasteiger partial charge < -0.3 is 9.88 Å². The summed E-state index contributed by atoms with van der Waals surface area (Å²) in [4.78, 5) is 18.6. The molecule has 214 valence electrons. The van der Waals surface area contributed by atoms with E-state index in [0.29, 0.717) is 10.7 Å². The maximum Gasteiger partial charge on any atom is 0.231 e. The second-order valence-electron chi connectivity index (χ2n) is 10.6. The monoisotopic (exact) mass is 612 g/mol. The lowest BCUT2D eigenvalue weighted by Crippen LogP contribution is -2.33. The Morgan fingerprint density at radius 1 is 0.773 bits per heavy atom. The third-order valence-electron chi connectivity index (χ3n) is 7.78. The molecule has 1 unspecified atom stereocenters. The van der Waals surface area contributed by atoms with Crippen LogP contribution in [0.2, 0.25) is 10.3 Å². The zero-order valence-electron chi connectivity index (χ0n) is 23.7. The molecule has 0 saturated heterocycles. The van der Waals surface area contributed by atoms with Gasteiger partial charge in [-0.2, -0.15) is 4.99 Å². The topological polar surface area (TPSA) is 80.5 Å². The summed E-state index contributed by atoms with van der Waals surface area (Å²) in [6.07, 6.45) is 2.20. The Kier molecular flexibility index (Phi) is 7.30. The number of aliphatic imine (C=N–C) groups is 1. The predicted octanol–water partition coefficient (Wildman–Crippen LogP) is 8.42. The maximum absolute atomic E-state index is 8.53. The number of likely N-dealkylation sites (N-methyl/N-ethyl adjacent to an activating group) is 1. The predicted molar refractivity (Wildman–Crippen MR) is 180 cm³/mol. The lowest BCUT2D eigenvalue weighted by Gasteiger charge is -2.33. The van der Waals surface area contributed by atoms with Gasteiger partial charge in [-0.05, 0) is 45.3 Å². The van der Waals surface area contributed by atoms with Crippen molar-refractivity contribution in [3.63, 3.8) is 0 Å². The minimum Gasteiger partial charge on any atom is -0.349 e. The van der Waals surface area contributed by atoms with Crippen molar-refractivity contribution in [2.75, 3.05) is 7.05 Å². The molecule has 1 aliphatic rings. The number of aromatic amines is 1. The summed E-state index contributed by atoms with van der Waals surface area (Å²) in [7, 11) is 2.07. The van der Waals surface area contributed by atoms with Crippen LogP contribution in [0, 0.1) is 5.41 Å². The minimum atomic E-state index is -0.0997. The number of amidine groups is 2. The molecule has 7 rings (SSSR count). The van der Waals surface area contributed by atoms with Crippen LogP contribution in [0.5, 0.6) is 0 Å². The Bertz CT molecular complexity index is 2170. The zero-order chi connectivity index (χ0) is 30.2. The SMILES string of the molecule is CN1C(c2ccc3ccccc3c2)=NC(c2ccc3ccccc3c2)=CC1c1ccc(C(=N)/N=c2/nc(Cl)cc(Cl)[nH]2)cc1. The lowest BCUT2D eigenvalue weighted by atomic mass is 9.96. The van der Waals surface area contributed by atoms with E-state index in [9.17, 15) is 0 Å². The highest BCUT2D eigenvalue weighted by Gasteiger charge is 2.26. The first-order chi connectivity index (χ1) is 21.4. The number of benzene rings is 5. The standard InChI is InChI=1S/C36H26Cl2N6/c1-44-31(24-12-14-25(15-13-24)34(39)43-36-41-32(37)21-33(38)42-36)20-30(28-16-10-22-6-2-4-8-26(22)18-28)40-35(44)29-17-11-23-7-3-5-9-27(23)19-29/h2-21,31H,1H3,(H2,39,41,42,43). The van der Waals surface area contributed by atoms with Crippen LogP contribution in [0.4, 0.5) is 0 Å². The number of fused-ring (bicyclic) bond motifs is 2. The molecule has 0 fully saturated rings. The maximum atomic E-state index is 8.53. The van der Waals surface area contributed by atoms with Crippen molar-refractivity contribution < 1.29 is 0 Å². The molecule has 1 aromatic heterocycles. The Balaban J connectivity index is 1.29. The molecule has 0 amide bonds. The second-order valence-corrected chi connectivity index (χ2v) is 11.4. The highest BCUT2D eigenvalue weighted by atomic mass is 35.5. The third-order valence-corrected chi connectivity index (χ3v) is 8.18. The third kappa shape index (κ3) is 5.53. The van der Waals surface area contributed by atoms with Crippen LogP contribution in [0.1, 0.15) is 28.3 Å². The van der Waals surface area contributed by atoms with E-state index in [-0.39, 0.29) is 22.6 Å². The van der Waals surface area contributed by atoms with E-state index in [1.165, 1.54) is 27.6 Å². The number of H-pyrrole nitrogens is 1. The van der Waals surface area contributed by atoms with E-state index < -0.39 is 0 Å². The molecule has 1 atom stereocenters. The molecule has 0 spiro atoms. The van der Waals surface area contributed by atoms with Gasteiger partial charge in [0.2, 0.25) is 5.62 Å². The summed E-state index contributed by atoms with van der Waals surface area (Å²) in [5.74, 6) is 0.930. The van der Waals surface area contributed by atoms with Gasteiger partial charge in [-0.1, -0.05) is 120 Å². The van der Waals surface area contributed by atoms with Crippen molar-refractivity contribution in [1.29, 1.82) is 5.41 Å². The van der Waals surface area contributed by atoms with Gasteiger partial charge in [0.25, 0.3) is 0 Å². The largest absolute Gasteiger partial charge is 0.349 e. The van der Waals surface area contributed by atoms with E-state index >= 15 is 0 Å². The van der Waals surface area contributed by atoms with Gasteiger partial charge in [-0.25, -0.2) is 9.98 Å². The molecule has 0 radical (unpaired) electrons. The van der Waals surface area contributed by atoms with Crippen LogP contribution in [0.25, 0.3) is 27.2 Å². The summed E-state index contributed by atoms with van der Waals surface area (Å²) in [6.45, 7) is 0. The van der Waals surface area contributed by atoms with E-state index in [1.54, 1.807) is 0 Å². The summed E-state index contributed by atoms with van der Waals surface area (Å²) in [5.41, 5.74) is 4.88. The Morgan fingerprint density at radius 2 is 1.39 bits per heavy atom. The summed E-state index contributed by atoms with van der Waals surface area (Å²) < 4.78 is 0. The van der Waals surface area contributed by atoms with Crippen LogP contribution >= 0.6 is 23.2 Å². The second kappa shape index (κ2) is 11.6. The Morgan fingerprint density at radius 3 is 2.05 bits per heavy atom. The van der Waals surface area contributed by atoms with E-state index in [1.807, 2.05) is 24.3 Å². The first kappa shape index (κ1) is 27.8. The van der Waals surface area contributed by atoms with E-state index in [4.69, 9.17) is 33.6 Å². The quantitative estimate of drug-likeness (QED) is 0.119. The number of hydrogen-bond donors (Lipinski definition) is 2. The molecular formula is C36H26Cl2N6. The van der Waals surface area contributed by atoms with Gasteiger partial charge >= 0.3 is 0 Å². The number of aromatic nitrogens is 2. The number of halogens is 2. The van der Waals surface area contributed by atoms with Crippen molar-refractivity contribution in [3.05, 3.63) is 160 Å². The van der Waals surface area contributed by atoms with Gasteiger partial charge in [0.1, 0.15) is 16.1 Å².